The first kappa shape index (κ1) is 22.6. The molecule has 3 aromatic heterocycles. The van der Waals surface area contributed by atoms with E-state index in [1.165, 1.54) is 21.1 Å². The van der Waals surface area contributed by atoms with Gasteiger partial charge in [-0.15, -0.1) is 0 Å². The van der Waals surface area contributed by atoms with Gasteiger partial charge in [-0.3, -0.25) is 4.98 Å². The van der Waals surface area contributed by atoms with Gasteiger partial charge >= 0.3 is 5.97 Å². The molecule has 0 bridgehead atoms. The lowest BCUT2D eigenvalue weighted by Gasteiger charge is -2.17. The van der Waals surface area contributed by atoms with E-state index in [9.17, 15) is 13.2 Å². The average molecular weight is 448 g/mol. The number of nitrogens with zero attached hydrogens (tertiary/aromatic N) is 5. The second-order valence-electron chi connectivity index (χ2n) is 6.75. The van der Waals surface area contributed by atoms with E-state index in [1.54, 1.807) is 39.4 Å². The Balaban J connectivity index is 1.55. The van der Waals surface area contributed by atoms with E-state index in [0.717, 1.165) is 5.56 Å². The van der Waals surface area contributed by atoms with Gasteiger partial charge in [0.1, 0.15) is 10.6 Å². The number of pyridine rings is 1. The SMILES string of the molecule is CCN(CC)S(=O)(=O)c1cc(C(=O)OCCCc2nc(-c3cccnc3)no2)n(C)c1. The first-order chi connectivity index (χ1) is 14.9. The van der Waals surface area contributed by atoms with Crippen LogP contribution in [0.4, 0.5) is 0 Å². The molecule has 3 heterocycles. The van der Waals surface area contributed by atoms with Crippen molar-refractivity contribution in [3.8, 4) is 11.4 Å². The molecular weight excluding hydrogens is 422 g/mol. The Hall–Kier alpha value is -3.05. The first-order valence-electron chi connectivity index (χ1n) is 9.93. The second kappa shape index (κ2) is 9.84. The molecular formula is C20H25N5O5S. The molecule has 0 radical (unpaired) electrons. The zero-order chi connectivity index (χ0) is 22.4. The van der Waals surface area contributed by atoms with E-state index in [0.29, 0.717) is 37.6 Å². The average Bonchev–Trinajstić information content (AvgIpc) is 3.39. The molecule has 0 atom stereocenters. The molecule has 0 fully saturated rings. The molecule has 0 N–H and O–H groups in total. The minimum Gasteiger partial charge on any atom is -0.461 e. The lowest BCUT2D eigenvalue weighted by molar-refractivity contribution is 0.0487. The predicted molar refractivity (Wildman–Crippen MR) is 112 cm³/mol. The van der Waals surface area contributed by atoms with E-state index in [-0.39, 0.29) is 17.2 Å². The van der Waals surface area contributed by atoms with Crippen molar-refractivity contribution in [2.24, 2.45) is 7.05 Å². The lowest BCUT2D eigenvalue weighted by Crippen LogP contribution is -2.30. The van der Waals surface area contributed by atoms with Gasteiger partial charge in [0.25, 0.3) is 0 Å². The number of rotatable bonds is 10. The summed E-state index contributed by atoms with van der Waals surface area (Å²) in [5, 5.41) is 3.92. The van der Waals surface area contributed by atoms with Crippen LogP contribution >= 0.6 is 0 Å². The summed E-state index contributed by atoms with van der Waals surface area (Å²) in [7, 11) is -2.04. The third kappa shape index (κ3) is 5.17. The summed E-state index contributed by atoms with van der Waals surface area (Å²) in [4.78, 5) is 20.8. The number of hydrogen-bond donors (Lipinski definition) is 0. The molecule has 3 rings (SSSR count). The van der Waals surface area contributed by atoms with E-state index < -0.39 is 16.0 Å². The van der Waals surface area contributed by atoms with Crippen LogP contribution in [0.15, 0.2) is 46.2 Å². The van der Waals surface area contributed by atoms with Crippen LogP contribution in [-0.4, -0.2) is 58.1 Å². The molecule has 0 saturated heterocycles. The minimum absolute atomic E-state index is 0.0689. The van der Waals surface area contributed by atoms with Crippen molar-refractivity contribution in [3.63, 3.8) is 0 Å². The highest BCUT2D eigenvalue weighted by molar-refractivity contribution is 7.89. The molecule has 166 valence electrons. The number of ether oxygens (including phenoxy) is 1. The van der Waals surface area contributed by atoms with Crippen LogP contribution < -0.4 is 0 Å². The molecule has 3 aromatic rings. The Morgan fingerprint density at radius 2 is 2.06 bits per heavy atom. The Morgan fingerprint density at radius 1 is 1.29 bits per heavy atom. The van der Waals surface area contributed by atoms with Crippen LogP contribution in [-0.2, 0) is 28.2 Å². The molecule has 0 aromatic carbocycles. The van der Waals surface area contributed by atoms with Crippen LogP contribution in [0.1, 0.15) is 36.6 Å². The van der Waals surface area contributed by atoms with Crippen molar-refractivity contribution in [1.29, 1.82) is 0 Å². The Morgan fingerprint density at radius 3 is 2.74 bits per heavy atom. The molecule has 0 amide bonds. The summed E-state index contributed by atoms with van der Waals surface area (Å²) in [5.41, 5.74) is 0.922. The quantitative estimate of drug-likeness (QED) is 0.343. The number of aromatic nitrogens is 4. The highest BCUT2D eigenvalue weighted by Gasteiger charge is 2.25. The van der Waals surface area contributed by atoms with Gasteiger partial charge in [-0.25, -0.2) is 13.2 Å². The molecule has 0 spiro atoms. The van der Waals surface area contributed by atoms with E-state index in [4.69, 9.17) is 9.26 Å². The van der Waals surface area contributed by atoms with Crippen LogP contribution in [0.5, 0.6) is 0 Å². The summed E-state index contributed by atoms with van der Waals surface area (Å²) in [5.74, 6) is 0.289. The van der Waals surface area contributed by atoms with Gasteiger partial charge in [0.15, 0.2) is 0 Å². The fraction of sp³-hybridized carbons (Fsp3) is 0.400. The summed E-state index contributed by atoms with van der Waals surface area (Å²) < 4.78 is 38.6. The van der Waals surface area contributed by atoms with Gasteiger partial charge in [0, 0.05) is 50.7 Å². The first-order valence-corrected chi connectivity index (χ1v) is 11.4. The van der Waals surface area contributed by atoms with Crippen molar-refractivity contribution in [2.45, 2.75) is 31.6 Å². The second-order valence-corrected chi connectivity index (χ2v) is 8.69. The normalized spacial score (nSPS) is 11.7. The van der Waals surface area contributed by atoms with Crippen molar-refractivity contribution in [1.82, 2.24) is 24.0 Å². The number of aryl methyl sites for hydroxylation is 2. The van der Waals surface area contributed by atoms with Gasteiger partial charge in [0.2, 0.25) is 21.7 Å². The molecule has 0 aliphatic carbocycles. The molecule has 31 heavy (non-hydrogen) atoms. The number of hydrogen-bond acceptors (Lipinski definition) is 8. The van der Waals surface area contributed by atoms with Gasteiger partial charge in [-0.2, -0.15) is 9.29 Å². The van der Waals surface area contributed by atoms with Gasteiger partial charge in [0.05, 0.1) is 6.61 Å². The number of esters is 1. The largest absolute Gasteiger partial charge is 0.461 e. The minimum atomic E-state index is -3.65. The maximum atomic E-state index is 12.6. The Kier molecular flexibility index (Phi) is 7.18. The van der Waals surface area contributed by atoms with Crippen molar-refractivity contribution in [2.75, 3.05) is 19.7 Å². The Bertz CT molecular complexity index is 1120. The van der Waals surface area contributed by atoms with E-state index in [2.05, 4.69) is 15.1 Å². The topological polar surface area (TPSA) is 120 Å². The molecule has 0 unspecified atom stereocenters. The van der Waals surface area contributed by atoms with Crippen LogP contribution in [0.2, 0.25) is 0 Å². The fourth-order valence-corrected chi connectivity index (χ4v) is 4.55. The smallest absolute Gasteiger partial charge is 0.354 e. The van der Waals surface area contributed by atoms with Crippen LogP contribution in [0.25, 0.3) is 11.4 Å². The number of carbonyl (C=O) groups is 1. The molecule has 0 aliphatic rings. The monoisotopic (exact) mass is 447 g/mol. The number of sulfonamides is 1. The molecule has 0 aliphatic heterocycles. The van der Waals surface area contributed by atoms with Crippen molar-refractivity contribution in [3.05, 3.63) is 48.4 Å². The fourth-order valence-electron chi connectivity index (χ4n) is 3.02. The highest BCUT2D eigenvalue weighted by atomic mass is 32.2. The summed E-state index contributed by atoms with van der Waals surface area (Å²) >= 11 is 0. The summed E-state index contributed by atoms with van der Waals surface area (Å²) in [6, 6.07) is 4.96. The van der Waals surface area contributed by atoms with Crippen molar-refractivity contribution >= 4 is 16.0 Å². The lowest BCUT2D eigenvalue weighted by atomic mass is 10.3. The zero-order valence-electron chi connectivity index (χ0n) is 17.7. The third-order valence-electron chi connectivity index (χ3n) is 4.69. The molecule has 0 saturated carbocycles. The maximum Gasteiger partial charge on any atom is 0.354 e. The van der Waals surface area contributed by atoms with Crippen molar-refractivity contribution < 1.29 is 22.5 Å². The van der Waals surface area contributed by atoms with Gasteiger partial charge in [-0.1, -0.05) is 19.0 Å². The Labute approximate surface area is 180 Å². The summed E-state index contributed by atoms with van der Waals surface area (Å²) in [6.07, 6.45) is 5.64. The number of carbonyl (C=O) groups excluding carboxylic acids is 1. The third-order valence-corrected chi connectivity index (χ3v) is 6.70. The van der Waals surface area contributed by atoms with Gasteiger partial charge in [-0.05, 0) is 24.6 Å². The van der Waals surface area contributed by atoms with Crippen LogP contribution in [0.3, 0.4) is 0 Å². The zero-order valence-corrected chi connectivity index (χ0v) is 18.5. The van der Waals surface area contributed by atoms with Gasteiger partial charge < -0.3 is 13.8 Å². The standard InChI is InChI=1S/C20H25N5O5S/c1-4-25(5-2)31(27,28)16-12-17(24(3)14-16)20(26)29-11-7-9-18-22-19(23-30-18)15-8-6-10-21-13-15/h6,8,10,12-14H,4-5,7,9,11H2,1-3H3. The highest BCUT2D eigenvalue weighted by Crippen LogP contribution is 2.19. The molecule has 11 heteroatoms. The molecule has 10 nitrogen and oxygen atoms in total. The predicted octanol–water partition coefficient (Wildman–Crippen LogP) is 2.29. The van der Waals surface area contributed by atoms with Crippen LogP contribution in [0, 0.1) is 0 Å². The maximum absolute atomic E-state index is 12.6. The van der Waals surface area contributed by atoms with E-state index >= 15 is 0 Å². The summed E-state index contributed by atoms with van der Waals surface area (Å²) in [6.45, 7) is 4.37. The van der Waals surface area contributed by atoms with E-state index in [1.807, 2.05) is 6.07 Å².